The van der Waals surface area contributed by atoms with Gasteiger partial charge in [0.1, 0.15) is 0 Å². The van der Waals surface area contributed by atoms with Gasteiger partial charge in [0.05, 0.1) is 5.69 Å². The van der Waals surface area contributed by atoms with E-state index in [9.17, 15) is 4.79 Å². The van der Waals surface area contributed by atoms with Gasteiger partial charge in [0.25, 0.3) is 5.91 Å². The number of carbonyl (C=O) groups excluding carboxylic acids is 1. The van der Waals surface area contributed by atoms with E-state index >= 15 is 0 Å². The maximum atomic E-state index is 12.1. The zero-order chi connectivity index (χ0) is 14.1. The van der Waals surface area contributed by atoms with Crippen LogP contribution < -0.4 is 10.6 Å². The molecule has 2 N–H and O–H groups in total. The van der Waals surface area contributed by atoms with Gasteiger partial charge in [-0.3, -0.25) is 4.79 Å². The number of thioether (sulfide) groups is 1. The fourth-order valence-electron chi connectivity index (χ4n) is 1.93. The summed E-state index contributed by atoms with van der Waals surface area (Å²) in [5, 5.41) is 6.65. The Morgan fingerprint density at radius 3 is 2.55 bits per heavy atom. The van der Waals surface area contributed by atoms with Crippen molar-refractivity contribution in [3.63, 3.8) is 0 Å². The van der Waals surface area contributed by atoms with Crippen molar-refractivity contribution in [1.29, 1.82) is 0 Å². The highest BCUT2D eigenvalue weighted by molar-refractivity contribution is 8.01. The van der Waals surface area contributed by atoms with E-state index in [1.165, 1.54) is 11.8 Å². The first-order chi connectivity index (χ1) is 9.61. The second-order valence-electron chi connectivity index (χ2n) is 4.29. The largest absolute Gasteiger partial charge is 0.365 e. The van der Waals surface area contributed by atoms with E-state index in [0.29, 0.717) is 10.0 Å². The average Bonchev–Trinajstić information content (AvgIpc) is 2.38. The maximum Gasteiger partial charge on any atom is 0.257 e. The van der Waals surface area contributed by atoms with Crippen LogP contribution in [-0.4, -0.2) is 11.3 Å². The zero-order valence-electron chi connectivity index (χ0n) is 10.2. The normalized spacial score (nSPS) is 17.3. The first-order valence-corrected chi connectivity index (χ1v) is 7.54. The van der Waals surface area contributed by atoms with Crippen molar-refractivity contribution in [2.45, 2.75) is 10.3 Å². The second kappa shape index (κ2) is 5.56. The molecule has 1 heterocycles. The van der Waals surface area contributed by atoms with Crippen LogP contribution in [0.2, 0.25) is 10.0 Å². The molecule has 1 aliphatic rings. The summed E-state index contributed by atoms with van der Waals surface area (Å²) in [5.74, 6) is -0.0928. The summed E-state index contributed by atoms with van der Waals surface area (Å²) in [6.07, 6.45) is 0. The third-order valence-corrected chi connectivity index (χ3v) is 4.40. The van der Waals surface area contributed by atoms with E-state index in [0.717, 1.165) is 16.3 Å². The lowest BCUT2D eigenvalue weighted by atomic mass is 10.3. The number of carbonyl (C=O) groups is 1. The minimum Gasteiger partial charge on any atom is -0.365 e. The van der Waals surface area contributed by atoms with Crippen LogP contribution in [0.25, 0.3) is 0 Å². The summed E-state index contributed by atoms with van der Waals surface area (Å²) < 4.78 is 0. The molecular weight excluding hydrogens is 315 g/mol. The quantitative estimate of drug-likeness (QED) is 0.855. The SMILES string of the molecule is O=C1Nc2ccccc2S[C@H]1Nc1cc(Cl)cc(Cl)c1. The lowest BCUT2D eigenvalue weighted by Gasteiger charge is -2.25. The molecule has 20 heavy (non-hydrogen) atoms. The molecule has 0 aromatic heterocycles. The number of rotatable bonds is 2. The van der Waals surface area contributed by atoms with Gasteiger partial charge in [0.2, 0.25) is 0 Å². The number of halogens is 2. The highest BCUT2D eigenvalue weighted by atomic mass is 35.5. The van der Waals surface area contributed by atoms with Crippen LogP contribution in [-0.2, 0) is 4.79 Å². The molecule has 0 unspecified atom stereocenters. The number of fused-ring (bicyclic) bond motifs is 1. The summed E-state index contributed by atoms with van der Waals surface area (Å²) in [7, 11) is 0. The Morgan fingerprint density at radius 1 is 1.10 bits per heavy atom. The van der Waals surface area contributed by atoms with Gasteiger partial charge in [-0.05, 0) is 30.3 Å². The molecule has 1 aliphatic heterocycles. The minimum atomic E-state index is -0.417. The molecular formula is C14H10Cl2N2OS. The van der Waals surface area contributed by atoms with Gasteiger partial charge in [0, 0.05) is 20.6 Å². The van der Waals surface area contributed by atoms with Gasteiger partial charge < -0.3 is 10.6 Å². The minimum absolute atomic E-state index is 0.0928. The Labute approximate surface area is 130 Å². The predicted molar refractivity (Wildman–Crippen MR) is 84.8 cm³/mol. The lowest BCUT2D eigenvalue weighted by Crippen LogP contribution is -2.34. The van der Waals surface area contributed by atoms with Crippen LogP contribution in [0.3, 0.4) is 0 Å². The molecule has 3 nitrogen and oxygen atoms in total. The third kappa shape index (κ3) is 2.87. The number of hydrogen-bond acceptors (Lipinski definition) is 3. The predicted octanol–water partition coefficient (Wildman–Crippen LogP) is 4.48. The van der Waals surface area contributed by atoms with Crippen molar-refractivity contribution in [3.05, 3.63) is 52.5 Å². The molecule has 1 amide bonds. The standard InChI is InChI=1S/C14H10Cl2N2OS/c15-8-5-9(16)7-10(6-8)17-14-13(19)18-11-3-1-2-4-12(11)20-14/h1-7,14,17H,(H,18,19)/t14-/m1/s1. The first-order valence-electron chi connectivity index (χ1n) is 5.91. The van der Waals surface area contributed by atoms with E-state index in [2.05, 4.69) is 10.6 Å². The van der Waals surface area contributed by atoms with Crippen LogP contribution in [0, 0.1) is 0 Å². The Bertz CT molecular complexity index is 658. The molecule has 2 aromatic carbocycles. The highest BCUT2D eigenvalue weighted by Gasteiger charge is 2.26. The van der Waals surface area contributed by atoms with Gasteiger partial charge in [-0.2, -0.15) is 0 Å². The number of nitrogens with one attached hydrogen (secondary N) is 2. The molecule has 0 bridgehead atoms. The van der Waals surface area contributed by atoms with Gasteiger partial charge in [-0.1, -0.05) is 47.1 Å². The van der Waals surface area contributed by atoms with E-state index in [1.54, 1.807) is 18.2 Å². The van der Waals surface area contributed by atoms with E-state index in [-0.39, 0.29) is 5.91 Å². The summed E-state index contributed by atoms with van der Waals surface area (Å²) in [4.78, 5) is 13.1. The van der Waals surface area contributed by atoms with Crippen LogP contribution in [0.1, 0.15) is 0 Å². The van der Waals surface area contributed by atoms with Crippen molar-refractivity contribution in [1.82, 2.24) is 0 Å². The van der Waals surface area contributed by atoms with Gasteiger partial charge in [0.15, 0.2) is 5.37 Å². The fourth-order valence-corrected chi connectivity index (χ4v) is 3.48. The smallest absolute Gasteiger partial charge is 0.257 e. The fraction of sp³-hybridized carbons (Fsp3) is 0.0714. The van der Waals surface area contributed by atoms with Gasteiger partial charge in [-0.15, -0.1) is 0 Å². The van der Waals surface area contributed by atoms with Crippen molar-refractivity contribution in [3.8, 4) is 0 Å². The lowest BCUT2D eigenvalue weighted by molar-refractivity contribution is -0.115. The number of anilines is 2. The number of para-hydroxylation sites is 1. The number of benzene rings is 2. The maximum absolute atomic E-state index is 12.1. The molecule has 0 saturated heterocycles. The van der Waals surface area contributed by atoms with Crippen LogP contribution in [0.5, 0.6) is 0 Å². The van der Waals surface area contributed by atoms with E-state index < -0.39 is 5.37 Å². The second-order valence-corrected chi connectivity index (χ2v) is 6.31. The summed E-state index contributed by atoms with van der Waals surface area (Å²) in [6.45, 7) is 0. The number of amides is 1. The van der Waals surface area contributed by atoms with Crippen molar-refractivity contribution in [2.75, 3.05) is 10.6 Å². The van der Waals surface area contributed by atoms with Gasteiger partial charge >= 0.3 is 0 Å². The molecule has 0 aliphatic carbocycles. The van der Waals surface area contributed by atoms with Crippen molar-refractivity contribution >= 4 is 52.2 Å². The Balaban J connectivity index is 1.83. The van der Waals surface area contributed by atoms with Gasteiger partial charge in [-0.25, -0.2) is 0 Å². The molecule has 102 valence electrons. The zero-order valence-corrected chi connectivity index (χ0v) is 12.5. The molecule has 0 radical (unpaired) electrons. The highest BCUT2D eigenvalue weighted by Crippen LogP contribution is 2.36. The van der Waals surface area contributed by atoms with E-state index in [4.69, 9.17) is 23.2 Å². The third-order valence-electron chi connectivity index (χ3n) is 2.79. The summed E-state index contributed by atoms with van der Waals surface area (Å²) in [6, 6.07) is 12.8. The molecule has 0 spiro atoms. The van der Waals surface area contributed by atoms with Crippen molar-refractivity contribution in [2.24, 2.45) is 0 Å². The monoisotopic (exact) mass is 324 g/mol. The van der Waals surface area contributed by atoms with Crippen LogP contribution in [0.4, 0.5) is 11.4 Å². The number of hydrogen-bond donors (Lipinski definition) is 2. The van der Waals surface area contributed by atoms with Crippen LogP contribution >= 0.6 is 35.0 Å². The summed E-state index contributed by atoms with van der Waals surface area (Å²) >= 11 is 13.4. The molecule has 2 aromatic rings. The molecule has 3 rings (SSSR count). The molecule has 0 fully saturated rings. The molecule has 0 saturated carbocycles. The van der Waals surface area contributed by atoms with Crippen LogP contribution in [0.15, 0.2) is 47.4 Å². The topological polar surface area (TPSA) is 41.1 Å². The Hall–Kier alpha value is -1.36. The average molecular weight is 325 g/mol. The molecule has 6 heteroatoms. The summed E-state index contributed by atoms with van der Waals surface area (Å²) in [5.41, 5.74) is 1.55. The van der Waals surface area contributed by atoms with E-state index in [1.807, 2.05) is 24.3 Å². The first kappa shape index (κ1) is 13.6. The molecule has 1 atom stereocenters. The Morgan fingerprint density at radius 2 is 1.80 bits per heavy atom. The Kier molecular flexibility index (Phi) is 3.78. The van der Waals surface area contributed by atoms with Crippen molar-refractivity contribution < 1.29 is 4.79 Å².